The van der Waals surface area contributed by atoms with Crippen molar-refractivity contribution in [2.45, 2.75) is 13.0 Å². The van der Waals surface area contributed by atoms with Gasteiger partial charge < -0.3 is 20.1 Å². The molecule has 2 amide bonds. The number of rotatable bonds is 5. The van der Waals surface area contributed by atoms with E-state index in [1.807, 2.05) is 12.1 Å². The summed E-state index contributed by atoms with van der Waals surface area (Å²) in [6.45, 7) is 0.806. The van der Waals surface area contributed by atoms with Crippen LogP contribution in [0, 0.1) is 5.92 Å². The SMILES string of the molecule is COc1ccc(CNC(=O)C2CNC(=O)C2)cc1OC. The molecule has 1 aromatic rings. The van der Waals surface area contributed by atoms with Gasteiger partial charge in [0, 0.05) is 19.5 Å². The summed E-state index contributed by atoms with van der Waals surface area (Å²) in [6, 6.07) is 5.47. The number of methoxy groups -OCH3 is 2. The van der Waals surface area contributed by atoms with Crippen molar-refractivity contribution in [2.24, 2.45) is 5.92 Å². The highest BCUT2D eigenvalue weighted by Gasteiger charge is 2.27. The normalized spacial score (nSPS) is 17.5. The maximum atomic E-state index is 11.9. The summed E-state index contributed by atoms with van der Waals surface area (Å²) in [4.78, 5) is 22.9. The van der Waals surface area contributed by atoms with Gasteiger partial charge in [-0.15, -0.1) is 0 Å². The van der Waals surface area contributed by atoms with Gasteiger partial charge in [0.1, 0.15) is 0 Å². The van der Waals surface area contributed by atoms with Gasteiger partial charge in [-0.1, -0.05) is 6.07 Å². The average molecular weight is 278 g/mol. The lowest BCUT2D eigenvalue weighted by molar-refractivity contribution is -0.126. The molecule has 1 saturated heterocycles. The third kappa shape index (κ3) is 3.20. The second-order valence-electron chi connectivity index (χ2n) is 4.61. The van der Waals surface area contributed by atoms with Crippen molar-refractivity contribution in [1.82, 2.24) is 10.6 Å². The summed E-state index contributed by atoms with van der Waals surface area (Å²) in [6.07, 6.45) is 0.262. The Morgan fingerprint density at radius 1 is 1.35 bits per heavy atom. The van der Waals surface area contributed by atoms with Gasteiger partial charge in [0.25, 0.3) is 0 Å². The van der Waals surface area contributed by atoms with Crippen LogP contribution in [0.15, 0.2) is 18.2 Å². The Balaban J connectivity index is 1.93. The zero-order chi connectivity index (χ0) is 14.5. The van der Waals surface area contributed by atoms with Gasteiger partial charge in [-0.3, -0.25) is 9.59 Å². The quantitative estimate of drug-likeness (QED) is 0.820. The standard InChI is InChI=1S/C14H18N2O4/c1-19-11-4-3-9(5-12(11)20-2)7-16-14(18)10-6-13(17)15-8-10/h3-5,10H,6-8H2,1-2H3,(H,15,17)(H,16,18). The molecule has 0 radical (unpaired) electrons. The number of nitrogens with one attached hydrogen (secondary N) is 2. The summed E-state index contributed by atoms with van der Waals surface area (Å²) in [7, 11) is 3.14. The first-order valence-electron chi connectivity index (χ1n) is 6.39. The molecule has 1 aliphatic heterocycles. The number of carbonyl (C=O) groups excluding carboxylic acids is 2. The topological polar surface area (TPSA) is 76.7 Å². The molecule has 20 heavy (non-hydrogen) atoms. The number of amides is 2. The van der Waals surface area contributed by atoms with Crippen molar-refractivity contribution in [2.75, 3.05) is 20.8 Å². The number of benzene rings is 1. The van der Waals surface area contributed by atoms with Crippen LogP contribution in [0.2, 0.25) is 0 Å². The summed E-state index contributed by atoms with van der Waals surface area (Å²) in [5.41, 5.74) is 0.910. The Bertz CT molecular complexity index is 516. The molecule has 0 bridgehead atoms. The molecule has 0 saturated carbocycles. The summed E-state index contributed by atoms with van der Waals surface area (Å²) in [5, 5.41) is 5.47. The van der Waals surface area contributed by atoms with Gasteiger partial charge in [0.05, 0.1) is 20.1 Å². The fraction of sp³-hybridized carbons (Fsp3) is 0.429. The van der Waals surface area contributed by atoms with Crippen LogP contribution < -0.4 is 20.1 Å². The van der Waals surface area contributed by atoms with Crippen LogP contribution in [0.1, 0.15) is 12.0 Å². The lowest BCUT2D eigenvalue weighted by Gasteiger charge is -2.12. The molecule has 2 N–H and O–H groups in total. The van der Waals surface area contributed by atoms with Crippen LogP contribution in [0.25, 0.3) is 0 Å². The van der Waals surface area contributed by atoms with Crippen molar-refractivity contribution < 1.29 is 19.1 Å². The predicted octanol–water partition coefficient (Wildman–Crippen LogP) is 0.456. The van der Waals surface area contributed by atoms with Crippen LogP contribution in [0.3, 0.4) is 0 Å². The van der Waals surface area contributed by atoms with Gasteiger partial charge in [-0.2, -0.15) is 0 Å². The van der Waals surface area contributed by atoms with E-state index in [1.165, 1.54) is 0 Å². The van der Waals surface area contributed by atoms with Crippen LogP contribution in [0.4, 0.5) is 0 Å². The molecule has 0 spiro atoms. The second-order valence-corrected chi connectivity index (χ2v) is 4.61. The Hall–Kier alpha value is -2.24. The van der Waals surface area contributed by atoms with Gasteiger partial charge >= 0.3 is 0 Å². The highest BCUT2D eigenvalue weighted by atomic mass is 16.5. The summed E-state index contributed by atoms with van der Waals surface area (Å²) in [5.74, 6) is 0.808. The van der Waals surface area contributed by atoms with Gasteiger partial charge in [-0.25, -0.2) is 0 Å². The third-order valence-corrected chi connectivity index (χ3v) is 3.26. The first-order valence-corrected chi connectivity index (χ1v) is 6.39. The largest absolute Gasteiger partial charge is 0.493 e. The fourth-order valence-electron chi connectivity index (χ4n) is 2.11. The van der Waals surface area contributed by atoms with E-state index in [9.17, 15) is 9.59 Å². The highest BCUT2D eigenvalue weighted by Crippen LogP contribution is 2.27. The average Bonchev–Trinajstić information content (AvgIpc) is 2.91. The summed E-state index contributed by atoms with van der Waals surface area (Å²) >= 11 is 0. The molecule has 1 fully saturated rings. The Morgan fingerprint density at radius 2 is 2.10 bits per heavy atom. The lowest BCUT2D eigenvalue weighted by atomic mass is 10.1. The molecule has 1 aromatic carbocycles. The molecule has 1 unspecified atom stereocenters. The number of hydrogen-bond acceptors (Lipinski definition) is 4. The van der Waals surface area contributed by atoms with Crippen molar-refractivity contribution >= 4 is 11.8 Å². The van der Waals surface area contributed by atoms with Crippen LogP contribution in [-0.2, 0) is 16.1 Å². The van der Waals surface area contributed by atoms with E-state index in [0.717, 1.165) is 5.56 Å². The second kappa shape index (κ2) is 6.27. The molecule has 1 atom stereocenters. The van der Waals surface area contributed by atoms with Gasteiger partial charge in [0.15, 0.2) is 11.5 Å². The minimum absolute atomic E-state index is 0.0729. The molecule has 0 aromatic heterocycles. The number of carbonyl (C=O) groups is 2. The first kappa shape index (κ1) is 14.2. The Labute approximate surface area is 117 Å². The monoisotopic (exact) mass is 278 g/mol. The minimum atomic E-state index is -0.275. The van der Waals surface area contributed by atoms with Crippen LogP contribution in [-0.4, -0.2) is 32.6 Å². The zero-order valence-corrected chi connectivity index (χ0v) is 11.6. The highest BCUT2D eigenvalue weighted by molar-refractivity contribution is 5.89. The van der Waals surface area contributed by atoms with E-state index in [2.05, 4.69) is 10.6 Å². The fourth-order valence-corrected chi connectivity index (χ4v) is 2.11. The molecule has 1 aliphatic rings. The van der Waals surface area contributed by atoms with Crippen LogP contribution >= 0.6 is 0 Å². The maximum absolute atomic E-state index is 11.9. The molecule has 6 nitrogen and oxygen atoms in total. The van der Waals surface area contributed by atoms with E-state index >= 15 is 0 Å². The molecular formula is C14H18N2O4. The molecule has 2 rings (SSSR count). The van der Waals surface area contributed by atoms with E-state index in [1.54, 1.807) is 20.3 Å². The smallest absolute Gasteiger partial charge is 0.225 e. The first-order chi connectivity index (χ1) is 9.63. The van der Waals surface area contributed by atoms with E-state index < -0.39 is 0 Å². The van der Waals surface area contributed by atoms with Crippen molar-refractivity contribution in [3.05, 3.63) is 23.8 Å². The van der Waals surface area contributed by atoms with Crippen molar-refractivity contribution in [1.29, 1.82) is 0 Å². The summed E-state index contributed by atoms with van der Waals surface area (Å²) < 4.78 is 10.4. The van der Waals surface area contributed by atoms with Gasteiger partial charge in [0.2, 0.25) is 11.8 Å². The Kier molecular flexibility index (Phi) is 4.45. The molecular weight excluding hydrogens is 260 g/mol. The molecule has 6 heteroatoms. The Morgan fingerprint density at radius 3 is 2.70 bits per heavy atom. The van der Waals surface area contributed by atoms with Gasteiger partial charge in [-0.05, 0) is 17.7 Å². The molecule has 0 aliphatic carbocycles. The maximum Gasteiger partial charge on any atom is 0.225 e. The van der Waals surface area contributed by atoms with Crippen molar-refractivity contribution in [3.63, 3.8) is 0 Å². The molecule has 108 valence electrons. The molecule has 1 heterocycles. The van der Waals surface area contributed by atoms with E-state index in [-0.39, 0.29) is 24.2 Å². The lowest BCUT2D eigenvalue weighted by Crippen LogP contribution is -2.31. The minimum Gasteiger partial charge on any atom is -0.493 e. The van der Waals surface area contributed by atoms with E-state index in [4.69, 9.17) is 9.47 Å². The number of hydrogen-bond donors (Lipinski definition) is 2. The van der Waals surface area contributed by atoms with E-state index in [0.29, 0.717) is 24.6 Å². The third-order valence-electron chi connectivity index (χ3n) is 3.26. The van der Waals surface area contributed by atoms with Crippen LogP contribution in [0.5, 0.6) is 11.5 Å². The zero-order valence-electron chi connectivity index (χ0n) is 11.6. The predicted molar refractivity (Wildman–Crippen MR) is 72.5 cm³/mol. The number of ether oxygens (including phenoxy) is 2. The van der Waals surface area contributed by atoms with Crippen molar-refractivity contribution in [3.8, 4) is 11.5 Å².